The van der Waals surface area contributed by atoms with E-state index in [-0.39, 0.29) is 0 Å². The van der Waals surface area contributed by atoms with Gasteiger partial charge in [-0.05, 0) is 58.5 Å². The normalized spacial score (nSPS) is 29.1. The van der Waals surface area contributed by atoms with Gasteiger partial charge in [-0.1, -0.05) is 6.92 Å². The molecule has 0 aliphatic carbocycles. The second-order valence-corrected chi connectivity index (χ2v) is 5.35. The maximum atomic E-state index is 11.2. The van der Waals surface area contributed by atoms with Gasteiger partial charge in [0.15, 0.2) is 0 Å². The summed E-state index contributed by atoms with van der Waals surface area (Å²) in [6.07, 6.45) is 3.22. The van der Waals surface area contributed by atoms with E-state index in [0.29, 0.717) is 23.7 Å². The number of carbonyl (C=O) groups excluding carboxylic acids is 1. The monoisotopic (exact) mass is 211 g/mol. The molecule has 1 heterocycles. The van der Waals surface area contributed by atoms with Gasteiger partial charge in [0.2, 0.25) is 0 Å². The molecule has 0 aromatic carbocycles. The number of hydrogen-bond donors (Lipinski definition) is 0. The summed E-state index contributed by atoms with van der Waals surface area (Å²) in [5.74, 6) is 1.67. The van der Waals surface area contributed by atoms with Gasteiger partial charge in [-0.2, -0.15) is 0 Å². The first-order valence-corrected chi connectivity index (χ1v) is 6.24. The average Bonchev–Trinajstić information content (AvgIpc) is 2.29. The van der Waals surface area contributed by atoms with E-state index < -0.39 is 0 Å². The number of likely N-dealkylation sites (tertiary alicyclic amines) is 1. The van der Waals surface area contributed by atoms with Crippen molar-refractivity contribution in [3.63, 3.8) is 0 Å². The molecule has 0 bridgehead atoms. The molecule has 88 valence electrons. The Morgan fingerprint density at radius 3 is 2.47 bits per heavy atom. The van der Waals surface area contributed by atoms with E-state index >= 15 is 0 Å². The lowest BCUT2D eigenvalue weighted by Gasteiger charge is -2.24. The first-order chi connectivity index (χ1) is 7.00. The van der Waals surface area contributed by atoms with Crippen molar-refractivity contribution in [1.82, 2.24) is 4.90 Å². The van der Waals surface area contributed by atoms with E-state index in [1.165, 1.54) is 25.9 Å². The number of rotatable bonds is 3. The van der Waals surface area contributed by atoms with Crippen molar-refractivity contribution < 1.29 is 4.79 Å². The van der Waals surface area contributed by atoms with Crippen LogP contribution in [0.4, 0.5) is 0 Å². The summed E-state index contributed by atoms with van der Waals surface area (Å²) in [5, 5.41) is 0. The number of ketones is 1. The summed E-state index contributed by atoms with van der Waals surface area (Å²) < 4.78 is 0. The first kappa shape index (κ1) is 12.7. The van der Waals surface area contributed by atoms with Crippen LogP contribution in [0, 0.1) is 11.8 Å². The van der Waals surface area contributed by atoms with Gasteiger partial charge in [0.25, 0.3) is 0 Å². The summed E-state index contributed by atoms with van der Waals surface area (Å²) in [6, 6.07) is 0.647. The lowest BCUT2D eigenvalue weighted by molar-refractivity contribution is -0.118. The number of nitrogens with zero attached hydrogens (tertiary/aromatic N) is 1. The number of carbonyl (C=O) groups is 1. The second-order valence-electron chi connectivity index (χ2n) is 5.35. The molecule has 1 aliphatic heterocycles. The summed E-state index contributed by atoms with van der Waals surface area (Å²) in [4.78, 5) is 13.7. The van der Waals surface area contributed by atoms with Crippen molar-refractivity contribution in [3.05, 3.63) is 0 Å². The van der Waals surface area contributed by atoms with Gasteiger partial charge in [0.1, 0.15) is 5.78 Å². The molecule has 2 unspecified atom stereocenters. The van der Waals surface area contributed by atoms with Crippen molar-refractivity contribution in [3.8, 4) is 0 Å². The molecule has 2 atom stereocenters. The molecule has 0 N–H and O–H groups in total. The standard InChI is InChI=1S/C13H25NO/c1-10(2)14-7-5-11(3)13(6-8-14)9-12(4)15/h10-11,13H,5-9H2,1-4H3. The maximum Gasteiger partial charge on any atom is 0.130 e. The molecule has 0 aromatic heterocycles. The molecule has 0 amide bonds. The van der Waals surface area contributed by atoms with Crippen LogP contribution in [0.2, 0.25) is 0 Å². The van der Waals surface area contributed by atoms with Crippen LogP contribution < -0.4 is 0 Å². The van der Waals surface area contributed by atoms with Gasteiger partial charge < -0.3 is 9.69 Å². The van der Waals surface area contributed by atoms with Crippen LogP contribution in [0.3, 0.4) is 0 Å². The average molecular weight is 211 g/mol. The van der Waals surface area contributed by atoms with Crippen molar-refractivity contribution >= 4 is 5.78 Å². The van der Waals surface area contributed by atoms with Gasteiger partial charge in [-0.25, -0.2) is 0 Å². The van der Waals surface area contributed by atoms with Crippen LogP contribution in [0.15, 0.2) is 0 Å². The van der Waals surface area contributed by atoms with Gasteiger partial charge in [0.05, 0.1) is 0 Å². The van der Waals surface area contributed by atoms with Crippen LogP contribution in [-0.4, -0.2) is 29.8 Å². The molecule has 1 aliphatic rings. The topological polar surface area (TPSA) is 20.3 Å². The third-order valence-corrected chi connectivity index (χ3v) is 3.74. The molecule has 0 spiro atoms. The number of Topliss-reactive ketones (excluding diaryl/α,β-unsaturated/α-hetero) is 1. The van der Waals surface area contributed by atoms with E-state index in [1.807, 2.05) is 0 Å². The summed E-state index contributed by atoms with van der Waals surface area (Å²) >= 11 is 0. The Hall–Kier alpha value is -0.370. The highest BCUT2D eigenvalue weighted by molar-refractivity contribution is 5.75. The third kappa shape index (κ3) is 3.94. The summed E-state index contributed by atoms with van der Waals surface area (Å²) in [7, 11) is 0. The highest BCUT2D eigenvalue weighted by Crippen LogP contribution is 2.27. The second kappa shape index (κ2) is 5.64. The third-order valence-electron chi connectivity index (χ3n) is 3.74. The Morgan fingerprint density at radius 1 is 1.33 bits per heavy atom. The summed E-state index contributed by atoms with van der Waals surface area (Å²) in [6.45, 7) is 10.9. The first-order valence-electron chi connectivity index (χ1n) is 6.24. The zero-order chi connectivity index (χ0) is 11.4. The Balaban J connectivity index is 2.51. The Morgan fingerprint density at radius 2 is 1.93 bits per heavy atom. The molecule has 1 fully saturated rings. The fraction of sp³-hybridized carbons (Fsp3) is 0.923. The van der Waals surface area contributed by atoms with Crippen LogP contribution in [0.1, 0.15) is 47.0 Å². The largest absolute Gasteiger partial charge is 0.301 e. The predicted octanol–water partition coefficient (Wildman–Crippen LogP) is 2.72. The Labute approximate surface area is 94.0 Å². The lowest BCUT2D eigenvalue weighted by atomic mass is 9.86. The highest BCUT2D eigenvalue weighted by Gasteiger charge is 2.24. The zero-order valence-corrected chi connectivity index (χ0v) is 10.6. The SMILES string of the molecule is CC(=O)CC1CCN(C(C)C)CCC1C. The quantitative estimate of drug-likeness (QED) is 0.715. The highest BCUT2D eigenvalue weighted by atomic mass is 16.1. The van der Waals surface area contributed by atoms with E-state index in [2.05, 4.69) is 25.7 Å². The smallest absolute Gasteiger partial charge is 0.130 e. The minimum Gasteiger partial charge on any atom is -0.301 e. The summed E-state index contributed by atoms with van der Waals surface area (Å²) in [5.41, 5.74) is 0. The molecule has 15 heavy (non-hydrogen) atoms. The molecular weight excluding hydrogens is 186 g/mol. The fourth-order valence-corrected chi connectivity index (χ4v) is 2.52. The van der Waals surface area contributed by atoms with Gasteiger partial charge in [-0.15, -0.1) is 0 Å². The van der Waals surface area contributed by atoms with Crippen molar-refractivity contribution in [2.45, 2.75) is 53.0 Å². The van der Waals surface area contributed by atoms with Crippen LogP contribution in [0.25, 0.3) is 0 Å². The molecule has 0 saturated carbocycles. The Kier molecular flexibility index (Phi) is 4.78. The van der Waals surface area contributed by atoms with Crippen molar-refractivity contribution in [1.29, 1.82) is 0 Å². The Bertz CT molecular complexity index is 213. The van der Waals surface area contributed by atoms with Gasteiger partial charge in [0, 0.05) is 12.5 Å². The molecule has 2 heteroatoms. The van der Waals surface area contributed by atoms with Crippen LogP contribution >= 0.6 is 0 Å². The molecule has 0 aromatic rings. The maximum absolute atomic E-state index is 11.2. The van der Waals surface area contributed by atoms with E-state index in [9.17, 15) is 4.79 Å². The van der Waals surface area contributed by atoms with Gasteiger partial charge >= 0.3 is 0 Å². The van der Waals surface area contributed by atoms with Crippen molar-refractivity contribution in [2.24, 2.45) is 11.8 Å². The van der Waals surface area contributed by atoms with E-state index in [1.54, 1.807) is 6.92 Å². The van der Waals surface area contributed by atoms with Crippen molar-refractivity contribution in [2.75, 3.05) is 13.1 Å². The van der Waals surface area contributed by atoms with E-state index in [0.717, 1.165) is 6.42 Å². The minimum absolute atomic E-state index is 0.352. The molecule has 1 saturated heterocycles. The fourth-order valence-electron chi connectivity index (χ4n) is 2.52. The minimum atomic E-state index is 0.352. The molecule has 1 rings (SSSR count). The molecule has 0 radical (unpaired) electrons. The predicted molar refractivity (Wildman–Crippen MR) is 63.9 cm³/mol. The molecule has 2 nitrogen and oxygen atoms in total. The zero-order valence-electron chi connectivity index (χ0n) is 10.6. The number of hydrogen-bond acceptors (Lipinski definition) is 2. The van der Waals surface area contributed by atoms with Crippen LogP contribution in [-0.2, 0) is 4.79 Å². The molecular formula is C13H25NO. The van der Waals surface area contributed by atoms with E-state index in [4.69, 9.17) is 0 Å². The van der Waals surface area contributed by atoms with Gasteiger partial charge in [-0.3, -0.25) is 0 Å². The van der Waals surface area contributed by atoms with Crippen LogP contribution in [0.5, 0.6) is 0 Å². The lowest BCUT2D eigenvalue weighted by Crippen LogP contribution is -2.31.